The maximum Gasteiger partial charge on any atom is 0.344 e. The zero-order valence-corrected chi connectivity index (χ0v) is 15.5. The molecule has 1 amide bonds. The van der Waals surface area contributed by atoms with Crippen molar-refractivity contribution in [3.8, 4) is 11.5 Å². The first-order valence-corrected chi connectivity index (χ1v) is 9.65. The number of amides is 1. The summed E-state index contributed by atoms with van der Waals surface area (Å²) in [5.74, 6) is 0.0303. The van der Waals surface area contributed by atoms with Gasteiger partial charge >= 0.3 is 5.97 Å². The fourth-order valence-corrected chi connectivity index (χ4v) is 4.93. The van der Waals surface area contributed by atoms with Gasteiger partial charge in [0.25, 0.3) is 5.89 Å². The molecule has 3 heterocycles. The quantitative estimate of drug-likeness (QED) is 0.628. The van der Waals surface area contributed by atoms with Crippen LogP contribution in [-0.4, -0.2) is 26.9 Å². The van der Waals surface area contributed by atoms with Crippen molar-refractivity contribution in [2.75, 3.05) is 4.90 Å². The second kappa shape index (κ2) is 6.49. The van der Waals surface area contributed by atoms with Gasteiger partial charge in [0.15, 0.2) is 11.5 Å². The molecule has 1 atom stereocenters. The molecule has 0 spiro atoms. The molecule has 140 valence electrons. The van der Waals surface area contributed by atoms with Crippen LogP contribution in [0.15, 0.2) is 63.9 Å². The second-order valence-corrected chi connectivity index (χ2v) is 7.85. The van der Waals surface area contributed by atoms with Crippen molar-refractivity contribution in [1.82, 2.24) is 10.2 Å². The molecule has 3 aromatic rings. The monoisotopic (exact) mass is 393 g/mol. The van der Waals surface area contributed by atoms with E-state index in [2.05, 4.69) is 10.2 Å². The molecule has 1 aromatic heterocycles. The van der Waals surface area contributed by atoms with Gasteiger partial charge in [0.05, 0.1) is 5.69 Å². The Labute approximate surface area is 164 Å². The molecular formula is C20H15N3O4S. The minimum atomic E-state index is -1.05. The number of esters is 1. The highest BCUT2D eigenvalue weighted by Crippen LogP contribution is 2.56. The van der Waals surface area contributed by atoms with Crippen molar-refractivity contribution in [3.05, 3.63) is 60.5 Å². The molecule has 8 heteroatoms. The number of ether oxygens (including phenoxy) is 1. The van der Waals surface area contributed by atoms with Crippen molar-refractivity contribution >= 4 is 29.3 Å². The van der Waals surface area contributed by atoms with Gasteiger partial charge in [-0.3, -0.25) is 9.69 Å². The lowest BCUT2D eigenvalue weighted by Crippen LogP contribution is -2.47. The third-order valence-electron chi connectivity index (χ3n) is 4.81. The van der Waals surface area contributed by atoms with Gasteiger partial charge in [-0.05, 0) is 24.3 Å². The summed E-state index contributed by atoms with van der Waals surface area (Å²) in [5, 5.41) is 7.94. The van der Waals surface area contributed by atoms with E-state index in [-0.39, 0.29) is 18.4 Å². The lowest BCUT2D eigenvalue weighted by molar-refractivity contribution is -0.148. The van der Waals surface area contributed by atoms with Crippen molar-refractivity contribution in [3.63, 3.8) is 0 Å². The van der Waals surface area contributed by atoms with Crippen LogP contribution in [0.3, 0.4) is 0 Å². The standard InChI is InChI=1S/C20H15N3O4S/c24-17-10-11-20(23(17)14-8-4-5-9-15(14)28-20)19(25)26-12-16-21-22-18(27-16)13-6-2-1-3-7-13/h1-9H,10-12H2/t20-/m1/s1. The Morgan fingerprint density at radius 2 is 1.93 bits per heavy atom. The number of hydrogen-bond donors (Lipinski definition) is 0. The molecule has 2 aliphatic rings. The molecule has 1 fully saturated rings. The van der Waals surface area contributed by atoms with Gasteiger partial charge in [0.1, 0.15) is 0 Å². The van der Waals surface area contributed by atoms with Crippen LogP contribution in [0.25, 0.3) is 11.5 Å². The average molecular weight is 393 g/mol. The van der Waals surface area contributed by atoms with E-state index in [9.17, 15) is 9.59 Å². The summed E-state index contributed by atoms with van der Waals surface area (Å²) in [5.41, 5.74) is 1.55. The van der Waals surface area contributed by atoms with Crippen molar-refractivity contribution in [2.45, 2.75) is 29.2 Å². The number of benzene rings is 2. The molecular weight excluding hydrogens is 378 g/mol. The number of hydrogen-bond acceptors (Lipinski definition) is 7. The van der Waals surface area contributed by atoms with Crippen LogP contribution < -0.4 is 4.90 Å². The molecule has 0 N–H and O–H groups in total. The number of anilines is 1. The maximum atomic E-state index is 13.0. The zero-order chi connectivity index (χ0) is 19.1. The fourth-order valence-electron chi connectivity index (χ4n) is 3.52. The van der Waals surface area contributed by atoms with Crippen molar-refractivity contribution in [1.29, 1.82) is 0 Å². The summed E-state index contributed by atoms with van der Waals surface area (Å²) in [6.45, 7) is -0.140. The van der Waals surface area contributed by atoms with Gasteiger partial charge in [0, 0.05) is 23.3 Å². The lowest BCUT2D eigenvalue weighted by atomic mass is 10.2. The van der Waals surface area contributed by atoms with Gasteiger partial charge in [-0.1, -0.05) is 42.1 Å². The predicted octanol–water partition coefficient (Wildman–Crippen LogP) is 3.41. The van der Waals surface area contributed by atoms with Gasteiger partial charge in [-0.25, -0.2) is 4.79 Å². The van der Waals surface area contributed by atoms with Gasteiger partial charge in [-0.15, -0.1) is 10.2 Å². The highest BCUT2D eigenvalue weighted by molar-refractivity contribution is 8.02. The van der Waals surface area contributed by atoms with Crippen molar-refractivity contribution < 1.29 is 18.7 Å². The fraction of sp³-hybridized carbons (Fsp3) is 0.200. The summed E-state index contributed by atoms with van der Waals surface area (Å²) in [6.07, 6.45) is 0.720. The Hall–Kier alpha value is -3.13. The van der Waals surface area contributed by atoms with Gasteiger partial charge in [-0.2, -0.15) is 0 Å². The Morgan fingerprint density at radius 3 is 2.79 bits per heavy atom. The minimum absolute atomic E-state index is 0.0708. The molecule has 0 aliphatic carbocycles. The van der Waals surface area contributed by atoms with E-state index in [0.717, 1.165) is 16.1 Å². The predicted molar refractivity (Wildman–Crippen MR) is 101 cm³/mol. The van der Waals surface area contributed by atoms with E-state index in [1.54, 1.807) is 4.90 Å². The summed E-state index contributed by atoms with van der Waals surface area (Å²) >= 11 is 1.37. The van der Waals surface area contributed by atoms with E-state index in [4.69, 9.17) is 9.15 Å². The summed E-state index contributed by atoms with van der Waals surface area (Å²) in [7, 11) is 0. The maximum absolute atomic E-state index is 13.0. The highest BCUT2D eigenvalue weighted by Gasteiger charge is 2.58. The number of thioether (sulfide) groups is 1. The van der Waals surface area contributed by atoms with Crippen LogP contribution in [0.4, 0.5) is 5.69 Å². The first-order valence-electron chi connectivity index (χ1n) is 8.83. The third kappa shape index (κ3) is 2.60. The first-order chi connectivity index (χ1) is 13.7. The summed E-state index contributed by atoms with van der Waals surface area (Å²) in [4.78, 5) is 26.8. The Balaban J connectivity index is 1.34. The number of rotatable bonds is 4. The van der Waals surface area contributed by atoms with Gasteiger partial charge < -0.3 is 9.15 Å². The van der Waals surface area contributed by atoms with Crippen LogP contribution in [0.2, 0.25) is 0 Å². The smallest absolute Gasteiger partial charge is 0.344 e. The van der Waals surface area contributed by atoms with E-state index in [1.807, 2.05) is 54.6 Å². The largest absolute Gasteiger partial charge is 0.453 e. The Morgan fingerprint density at radius 1 is 1.14 bits per heavy atom. The number of carbonyl (C=O) groups excluding carboxylic acids is 2. The number of para-hydroxylation sites is 1. The van der Waals surface area contributed by atoms with Gasteiger partial charge in [0.2, 0.25) is 11.8 Å². The molecule has 28 heavy (non-hydrogen) atoms. The molecule has 5 rings (SSSR count). The van der Waals surface area contributed by atoms with Crippen LogP contribution in [0.5, 0.6) is 0 Å². The Bertz CT molecular complexity index is 1070. The second-order valence-electron chi connectivity index (χ2n) is 6.53. The molecule has 0 radical (unpaired) electrons. The van der Waals surface area contributed by atoms with E-state index < -0.39 is 10.8 Å². The molecule has 7 nitrogen and oxygen atoms in total. The number of fused-ring (bicyclic) bond motifs is 3. The lowest BCUT2D eigenvalue weighted by Gasteiger charge is -2.28. The van der Waals surface area contributed by atoms with Crippen LogP contribution in [0, 0.1) is 0 Å². The number of carbonyl (C=O) groups is 2. The summed E-state index contributed by atoms with van der Waals surface area (Å²) in [6, 6.07) is 16.9. The molecule has 2 aliphatic heterocycles. The molecule has 0 bridgehead atoms. The minimum Gasteiger partial charge on any atom is -0.453 e. The molecule has 2 aromatic carbocycles. The van der Waals surface area contributed by atoms with Crippen LogP contribution in [0.1, 0.15) is 18.7 Å². The average Bonchev–Trinajstić information content (AvgIpc) is 3.41. The molecule has 0 unspecified atom stereocenters. The zero-order valence-electron chi connectivity index (χ0n) is 14.7. The number of nitrogens with zero attached hydrogens (tertiary/aromatic N) is 3. The topological polar surface area (TPSA) is 85.5 Å². The first kappa shape index (κ1) is 17.0. The van der Waals surface area contributed by atoms with Crippen molar-refractivity contribution in [2.24, 2.45) is 0 Å². The Kier molecular flexibility index (Phi) is 3.94. The van der Waals surface area contributed by atoms with E-state index >= 15 is 0 Å². The summed E-state index contributed by atoms with van der Waals surface area (Å²) < 4.78 is 11.1. The van der Waals surface area contributed by atoms with E-state index in [1.165, 1.54) is 11.8 Å². The SMILES string of the molecule is O=C1CC[C@]2(C(=O)OCc3nnc(-c4ccccc4)o3)Sc3ccccc3N12. The van der Waals surface area contributed by atoms with Crippen LogP contribution >= 0.6 is 11.8 Å². The molecule has 0 saturated carbocycles. The molecule has 1 saturated heterocycles. The normalized spacial score (nSPS) is 20.1. The third-order valence-corrected chi connectivity index (χ3v) is 6.26. The van der Waals surface area contributed by atoms with Crippen LogP contribution in [-0.2, 0) is 20.9 Å². The van der Waals surface area contributed by atoms with E-state index in [0.29, 0.717) is 18.7 Å². The highest BCUT2D eigenvalue weighted by atomic mass is 32.2. The number of aromatic nitrogens is 2.